The van der Waals surface area contributed by atoms with Crippen LogP contribution in [-0.2, 0) is 20.8 Å². The minimum absolute atomic E-state index is 0.0142. The van der Waals surface area contributed by atoms with Gasteiger partial charge in [0.05, 0.1) is 40.5 Å². The van der Waals surface area contributed by atoms with Crippen LogP contribution in [0, 0.1) is 11.8 Å². The third kappa shape index (κ3) is 8.86. The molecule has 0 fully saturated rings. The van der Waals surface area contributed by atoms with E-state index in [1.165, 1.54) is 0 Å². The Kier molecular flexibility index (Phi) is 13.3. The number of nitrogens with one attached hydrogen (secondary N) is 2. The van der Waals surface area contributed by atoms with E-state index in [0.717, 1.165) is 0 Å². The van der Waals surface area contributed by atoms with Crippen LogP contribution < -0.4 is 29.6 Å². The fourth-order valence-corrected chi connectivity index (χ4v) is 6.58. The number of amides is 2. The van der Waals surface area contributed by atoms with Crippen LogP contribution in [0.5, 0.6) is 23.0 Å². The van der Waals surface area contributed by atoms with E-state index in [4.69, 9.17) is 18.9 Å². The maximum atomic E-state index is 14.0. The van der Waals surface area contributed by atoms with Gasteiger partial charge < -0.3 is 39.8 Å². The summed E-state index contributed by atoms with van der Waals surface area (Å²) in [7, 11) is 6.23. The first-order valence-electron chi connectivity index (χ1n) is 17.4. The van der Waals surface area contributed by atoms with Gasteiger partial charge in [-0.2, -0.15) is 0 Å². The summed E-state index contributed by atoms with van der Waals surface area (Å²) in [5, 5.41) is 31.3. The minimum atomic E-state index is -1.76. The van der Waals surface area contributed by atoms with E-state index in [9.17, 15) is 19.8 Å². The average molecular weight is 713 g/mol. The van der Waals surface area contributed by atoms with E-state index in [-0.39, 0.29) is 11.8 Å². The minimum Gasteiger partial charge on any atom is -0.497 e. The van der Waals surface area contributed by atoms with Crippen molar-refractivity contribution < 1.29 is 38.7 Å². The Labute approximate surface area is 307 Å². The third-order valence-corrected chi connectivity index (χ3v) is 9.36. The van der Waals surface area contributed by atoms with Gasteiger partial charge in [-0.05, 0) is 95.5 Å². The van der Waals surface area contributed by atoms with Crippen LogP contribution in [0.2, 0.25) is 0 Å². The molecule has 0 aliphatic heterocycles. The number of carbonyl (C=O) groups is 2. The van der Waals surface area contributed by atoms with Crippen molar-refractivity contribution in [1.82, 2.24) is 10.6 Å². The van der Waals surface area contributed by atoms with Gasteiger partial charge in [-0.15, -0.1) is 0 Å². The molecule has 4 aromatic rings. The summed E-state index contributed by atoms with van der Waals surface area (Å²) >= 11 is 0. The number of carbonyl (C=O) groups excluding carboxylic acids is 2. The van der Waals surface area contributed by atoms with Gasteiger partial charge in [-0.25, -0.2) is 0 Å². The van der Waals surface area contributed by atoms with Gasteiger partial charge in [-0.1, -0.05) is 76.2 Å². The Balaban J connectivity index is 1.76. The van der Waals surface area contributed by atoms with Crippen molar-refractivity contribution in [1.29, 1.82) is 0 Å². The Morgan fingerprint density at radius 1 is 0.481 bits per heavy atom. The van der Waals surface area contributed by atoms with Gasteiger partial charge in [-0.3, -0.25) is 9.59 Å². The average Bonchev–Trinajstić information content (AvgIpc) is 3.16. The van der Waals surface area contributed by atoms with Crippen molar-refractivity contribution >= 4 is 11.8 Å². The lowest BCUT2D eigenvalue weighted by Crippen LogP contribution is -2.58. The number of benzene rings is 4. The van der Waals surface area contributed by atoms with Crippen LogP contribution in [0.3, 0.4) is 0 Å². The van der Waals surface area contributed by atoms with Crippen molar-refractivity contribution in [3.8, 4) is 23.0 Å². The number of hydrogen-bond acceptors (Lipinski definition) is 8. The summed E-state index contributed by atoms with van der Waals surface area (Å²) in [6.45, 7) is 7.91. The van der Waals surface area contributed by atoms with Crippen molar-refractivity contribution in [2.24, 2.45) is 11.8 Å². The fraction of sp³-hybridized carbons (Fsp3) is 0.381. The quantitative estimate of drug-likeness (QED) is 0.105. The number of aliphatic hydroxyl groups is 2. The Hall–Kier alpha value is -5.06. The number of methoxy groups -OCH3 is 4. The first kappa shape index (κ1) is 39.7. The number of rotatable bonds is 16. The predicted octanol–water partition coefficient (Wildman–Crippen LogP) is 5.95. The zero-order valence-electron chi connectivity index (χ0n) is 31.3. The molecule has 0 spiro atoms. The topological polar surface area (TPSA) is 136 Å². The molecule has 278 valence electrons. The number of ether oxygens (including phenoxy) is 4. The highest BCUT2D eigenvalue weighted by molar-refractivity contribution is 6.35. The molecule has 2 atom stereocenters. The van der Waals surface area contributed by atoms with Gasteiger partial charge in [0.25, 0.3) is 0 Å². The molecule has 0 saturated heterocycles. The van der Waals surface area contributed by atoms with Crippen molar-refractivity contribution in [3.05, 3.63) is 119 Å². The Bertz CT molecular complexity index is 1510. The maximum absolute atomic E-state index is 14.0. The summed E-state index contributed by atoms with van der Waals surface area (Å²) in [5.74, 6) is 0.521. The standard InChI is InChI=1S/C42H52N2O8/c1-27(2)25-37(41(47,29-9-17-33(49-5)18-10-29)30-11-19-34(50-6)20-12-30)43-39(45)40(46)44-38(26-28(3)4)42(48,31-13-21-35(51-7)22-14-31)32-15-23-36(52-8)24-16-32/h9-24,27-28,37-38,47-48H,25-26H2,1-8H3,(H,43,45)(H,44,46)/t37-,38-/m1/s1. The summed E-state index contributed by atoms with van der Waals surface area (Å²) < 4.78 is 21.5. The molecule has 0 radical (unpaired) electrons. The Morgan fingerprint density at radius 2 is 0.692 bits per heavy atom. The second kappa shape index (κ2) is 17.4. The molecular weight excluding hydrogens is 660 g/mol. The number of hydrogen-bond donors (Lipinski definition) is 4. The summed E-state index contributed by atoms with van der Waals surface area (Å²) in [6.07, 6.45) is 0.648. The van der Waals surface area contributed by atoms with Crippen molar-refractivity contribution in [3.63, 3.8) is 0 Å². The lowest BCUT2D eigenvalue weighted by atomic mass is 9.76. The van der Waals surface area contributed by atoms with Gasteiger partial charge in [0.1, 0.15) is 34.2 Å². The lowest BCUT2D eigenvalue weighted by Gasteiger charge is -2.40. The summed E-state index contributed by atoms with van der Waals surface area (Å²) in [6, 6.07) is 25.9. The van der Waals surface area contributed by atoms with Crippen LogP contribution >= 0.6 is 0 Å². The summed E-state index contributed by atoms with van der Waals surface area (Å²) in [4.78, 5) is 28.1. The molecule has 2 amide bonds. The third-order valence-electron chi connectivity index (χ3n) is 9.36. The van der Waals surface area contributed by atoms with E-state index in [2.05, 4.69) is 10.6 Å². The highest BCUT2D eigenvalue weighted by atomic mass is 16.5. The summed E-state index contributed by atoms with van der Waals surface area (Å²) in [5.41, 5.74) is -1.54. The molecule has 0 bridgehead atoms. The monoisotopic (exact) mass is 712 g/mol. The molecule has 4 aromatic carbocycles. The van der Waals surface area contributed by atoms with Crippen molar-refractivity contribution in [2.75, 3.05) is 28.4 Å². The zero-order valence-corrected chi connectivity index (χ0v) is 31.3. The molecule has 0 unspecified atom stereocenters. The van der Waals surface area contributed by atoms with Gasteiger partial charge in [0.2, 0.25) is 0 Å². The first-order valence-corrected chi connectivity index (χ1v) is 17.4. The Morgan fingerprint density at radius 3 is 0.865 bits per heavy atom. The molecule has 10 nitrogen and oxygen atoms in total. The van der Waals surface area contributed by atoms with Crippen LogP contribution in [0.25, 0.3) is 0 Å². The van der Waals surface area contributed by atoms with E-state index >= 15 is 0 Å². The van der Waals surface area contributed by atoms with Crippen LogP contribution in [0.15, 0.2) is 97.1 Å². The maximum Gasteiger partial charge on any atom is 0.309 e. The molecule has 0 aromatic heterocycles. The molecule has 52 heavy (non-hydrogen) atoms. The van der Waals surface area contributed by atoms with E-state index in [1.54, 1.807) is 126 Å². The molecule has 4 N–H and O–H groups in total. The van der Waals surface area contributed by atoms with Crippen LogP contribution in [0.1, 0.15) is 62.8 Å². The van der Waals surface area contributed by atoms with Crippen LogP contribution in [0.4, 0.5) is 0 Å². The predicted molar refractivity (Wildman–Crippen MR) is 201 cm³/mol. The van der Waals surface area contributed by atoms with Gasteiger partial charge in [0.15, 0.2) is 0 Å². The molecule has 0 aliphatic carbocycles. The highest BCUT2D eigenvalue weighted by Gasteiger charge is 2.45. The fourth-order valence-electron chi connectivity index (χ4n) is 6.58. The van der Waals surface area contributed by atoms with Crippen LogP contribution in [-0.4, -0.2) is 62.6 Å². The molecule has 4 rings (SSSR count). The molecule has 10 heteroatoms. The second-order valence-electron chi connectivity index (χ2n) is 13.8. The van der Waals surface area contributed by atoms with E-state index in [1.807, 2.05) is 27.7 Å². The smallest absolute Gasteiger partial charge is 0.309 e. The van der Waals surface area contributed by atoms with Gasteiger partial charge >= 0.3 is 11.8 Å². The highest BCUT2D eigenvalue weighted by Crippen LogP contribution is 2.39. The molecular formula is C42H52N2O8. The molecule has 0 saturated carbocycles. The zero-order chi connectivity index (χ0) is 38.1. The normalized spacial score (nSPS) is 12.9. The van der Waals surface area contributed by atoms with E-state index in [0.29, 0.717) is 58.1 Å². The van der Waals surface area contributed by atoms with Crippen molar-refractivity contribution in [2.45, 2.75) is 63.8 Å². The lowest BCUT2D eigenvalue weighted by molar-refractivity contribution is -0.142. The first-order chi connectivity index (χ1) is 24.8. The second-order valence-corrected chi connectivity index (χ2v) is 13.8. The molecule has 0 aliphatic rings. The van der Waals surface area contributed by atoms with E-state index < -0.39 is 35.1 Å². The molecule has 0 heterocycles. The SMILES string of the molecule is COc1ccc(C(O)(c2ccc(OC)cc2)[C@@H](CC(C)C)NC(=O)C(=O)N[C@H](CC(C)C)C(O)(c2ccc(OC)cc2)c2ccc(OC)cc2)cc1. The largest absolute Gasteiger partial charge is 0.497 e. The van der Waals surface area contributed by atoms with Gasteiger partial charge in [0, 0.05) is 0 Å².